The smallest absolute Gasteiger partial charge is 0.253 e. The van der Waals surface area contributed by atoms with Gasteiger partial charge in [0.05, 0.1) is 18.6 Å². The molecular formula is C15H14N2O. The number of carbonyl (C=O) groups is 1. The normalized spacial score (nSPS) is 11.4. The van der Waals surface area contributed by atoms with Gasteiger partial charge in [0, 0.05) is 0 Å². The van der Waals surface area contributed by atoms with E-state index >= 15 is 0 Å². The highest BCUT2D eigenvalue weighted by atomic mass is 16.1. The quantitative estimate of drug-likeness (QED) is 0.468. The van der Waals surface area contributed by atoms with Crippen molar-refractivity contribution in [3.05, 3.63) is 54.1 Å². The number of benzene rings is 1. The lowest BCUT2D eigenvalue weighted by Gasteiger charge is -2.15. The van der Waals surface area contributed by atoms with Crippen molar-refractivity contribution < 1.29 is 4.79 Å². The first kappa shape index (κ1) is 12.1. The molecule has 0 aliphatic carbocycles. The standard InChI is InChI=1S/C15H14N2O/c1-3-7-15(18)14-10-16-11-17(14)12(2)13-8-5-4-6-9-13/h4-6,8-12H,1-2H3/t12-/m1/s1. The van der Waals surface area contributed by atoms with E-state index in [9.17, 15) is 4.79 Å². The van der Waals surface area contributed by atoms with E-state index in [0.717, 1.165) is 5.56 Å². The Morgan fingerprint density at radius 3 is 2.72 bits per heavy atom. The van der Waals surface area contributed by atoms with Crippen LogP contribution in [0.2, 0.25) is 0 Å². The highest BCUT2D eigenvalue weighted by Crippen LogP contribution is 2.19. The number of aromatic nitrogens is 2. The number of hydrogen-bond acceptors (Lipinski definition) is 2. The molecule has 1 aromatic carbocycles. The van der Waals surface area contributed by atoms with Crippen molar-refractivity contribution in [2.75, 3.05) is 0 Å². The van der Waals surface area contributed by atoms with Gasteiger partial charge in [-0.15, -0.1) is 0 Å². The molecule has 0 fully saturated rings. The molecule has 3 heteroatoms. The van der Waals surface area contributed by atoms with Gasteiger partial charge in [0.25, 0.3) is 5.78 Å². The van der Waals surface area contributed by atoms with Crippen molar-refractivity contribution in [3.8, 4) is 11.8 Å². The summed E-state index contributed by atoms with van der Waals surface area (Å²) in [6.45, 7) is 3.69. The third-order valence-corrected chi connectivity index (χ3v) is 2.84. The molecule has 0 spiro atoms. The molecule has 0 unspecified atom stereocenters. The maximum absolute atomic E-state index is 11.8. The number of ketones is 1. The van der Waals surface area contributed by atoms with E-state index in [-0.39, 0.29) is 11.8 Å². The summed E-state index contributed by atoms with van der Waals surface area (Å²) in [4.78, 5) is 15.9. The number of Topliss-reactive ketones (excluding diaryl/α,β-unsaturated/α-hetero) is 1. The number of imidazole rings is 1. The summed E-state index contributed by atoms with van der Waals surface area (Å²) >= 11 is 0. The minimum absolute atomic E-state index is 0.0614. The fourth-order valence-corrected chi connectivity index (χ4v) is 1.86. The molecule has 0 radical (unpaired) electrons. The molecule has 0 aliphatic rings. The van der Waals surface area contributed by atoms with Crippen molar-refractivity contribution in [2.45, 2.75) is 19.9 Å². The van der Waals surface area contributed by atoms with Crippen LogP contribution in [-0.2, 0) is 0 Å². The molecule has 0 aliphatic heterocycles. The molecule has 2 rings (SSSR count). The van der Waals surface area contributed by atoms with Gasteiger partial charge in [-0.25, -0.2) is 4.98 Å². The number of nitrogens with zero attached hydrogens (tertiary/aromatic N) is 2. The van der Waals surface area contributed by atoms with Crippen LogP contribution in [0, 0.1) is 11.8 Å². The van der Waals surface area contributed by atoms with Gasteiger partial charge in [0.2, 0.25) is 0 Å². The molecule has 1 aromatic heterocycles. The monoisotopic (exact) mass is 238 g/mol. The Labute approximate surface area is 106 Å². The van der Waals surface area contributed by atoms with Gasteiger partial charge >= 0.3 is 0 Å². The van der Waals surface area contributed by atoms with E-state index < -0.39 is 0 Å². The van der Waals surface area contributed by atoms with Crippen molar-refractivity contribution in [3.63, 3.8) is 0 Å². The van der Waals surface area contributed by atoms with Crippen LogP contribution in [0.4, 0.5) is 0 Å². The highest BCUT2D eigenvalue weighted by molar-refractivity contribution is 6.07. The van der Waals surface area contributed by atoms with Gasteiger partial charge in [-0.3, -0.25) is 4.79 Å². The molecule has 0 saturated carbocycles. The first-order chi connectivity index (χ1) is 8.74. The third kappa shape index (κ3) is 2.33. The molecule has 90 valence electrons. The first-order valence-electron chi connectivity index (χ1n) is 5.78. The molecule has 0 saturated heterocycles. The molecule has 0 bridgehead atoms. The Hall–Kier alpha value is -2.34. The second kappa shape index (κ2) is 5.33. The Balaban J connectivity index is 2.37. The van der Waals surface area contributed by atoms with Crippen LogP contribution in [0.1, 0.15) is 35.9 Å². The fraction of sp³-hybridized carbons (Fsp3) is 0.200. The van der Waals surface area contributed by atoms with E-state index in [1.807, 2.05) is 41.8 Å². The summed E-state index contributed by atoms with van der Waals surface area (Å²) < 4.78 is 1.85. The summed E-state index contributed by atoms with van der Waals surface area (Å²) in [6, 6.07) is 10.1. The van der Waals surface area contributed by atoms with Crippen LogP contribution in [-0.4, -0.2) is 15.3 Å². The summed E-state index contributed by atoms with van der Waals surface area (Å²) in [5, 5.41) is 0. The zero-order chi connectivity index (χ0) is 13.0. The van der Waals surface area contributed by atoms with Crippen molar-refractivity contribution in [1.29, 1.82) is 0 Å². The van der Waals surface area contributed by atoms with Crippen molar-refractivity contribution in [1.82, 2.24) is 9.55 Å². The van der Waals surface area contributed by atoms with Gasteiger partial charge in [-0.2, -0.15) is 0 Å². The van der Waals surface area contributed by atoms with E-state index in [1.54, 1.807) is 19.4 Å². The van der Waals surface area contributed by atoms with Gasteiger partial charge in [-0.1, -0.05) is 36.3 Å². The molecule has 0 N–H and O–H groups in total. The van der Waals surface area contributed by atoms with Crippen molar-refractivity contribution in [2.24, 2.45) is 0 Å². The van der Waals surface area contributed by atoms with E-state index in [2.05, 4.69) is 16.8 Å². The maximum atomic E-state index is 11.8. The summed E-state index contributed by atoms with van der Waals surface area (Å²) in [5.41, 5.74) is 1.66. The zero-order valence-corrected chi connectivity index (χ0v) is 10.4. The topological polar surface area (TPSA) is 34.9 Å². The number of carbonyl (C=O) groups excluding carboxylic acids is 1. The minimum Gasteiger partial charge on any atom is -0.320 e. The summed E-state index contributed by atoms with van der Waals surface area (Å²) in [5.74, 6) is 4.97. The maximum Gasteiger partial charge on any atom is 0.253 e. The van der Waals surface area contributed by atoms with Gasteiger partial charge in [0.15, 0.2) is 0 Å². The van der Waals surface area contributed by atoms with E-state index in [4.69, 9.17) is 0 Å². The zero-order valence-electron chi connectivity index (χ0n) is 10.4. The predicted molar refractivity (Wildman–Crippen MR) is 70.3 cm³/mol. The second-order valence-electron chi connectivity index (χ2n) is 3.98. The van der Waals surface area contributed by atoms with Crippen LogP contribution in [0.15, 0.2) is 42.9 Å². The number of rotatable bonds is 3. The molecule has 18 heavy (non-hydrogen) atoms. The largest absolute Gasteiger partial charge is 0.320 e. The lowest BCUT2D eigenvalue weighted by atomic mass is 10.1. The van der Waals surface area contributed by atoms with Crippen LogP contribution >= 0.6 is 0 Å². The molecule has 3 nitrogen and oxygen atoms in total. The highest BCUT2D eigenvalue weighted by Gasteiger charge is 2.15. The van der Waals surface area contributed by atoms with Crippen LogP contribution in [0.25, 0.3) is 0 Å². The van der Waals surface area contributed by atoms with Gasteiger partial charge in [-0.05, 0) is 25.3 Å². The predicted octanol–water partition coefficient (Wildman–Crippen LogP) is 2.70. The Morgan fingerprint density at radius 2 is 2.06 bits per heavy atom. The average molecular weight is 238 g/mol. The lowest BCUT2D eigenvalue weighted by molar-refractivity contribution is 0.104. The first-order valence-corrected chi connectivity index (χ1v) is 5.78. The summed E-state index contributed by atoms with van der Waals surface area (Å²) in [6.07, 6.45) is 3.23. The Morgan fingerprint density at radius 1 is 1.33 bits per heavy atom. The Bertz CT molecular complexity index is 602. The van der Waals surface area contributed by atoms with E-state index in [1.165, 1.54) is 0 Å². The minimum atomic E-state index is -0.196. The Kier molecular flexibility index (Phi) is 3.59. The third-order valence-electron chi connectivity index (χ3n) is 2.84. The fourth-order valence-electron chi connectivity index (χ4n) is 1.86. The average Bonchev–Trinajstić information content (AvgIpc) is 2.88. The number of hydrogen-bond donors (Lipinski definition) is 0. The molecule has 2 aromatic rings. The lowest BCUT2D eigenvalue weighted by Crippen LogP contribution is -2.12. The second-order valence-corrected chi connectivity index (χ2v) is 3.98. The van der Waals surface area contributed by atoms with Crippen LogP contribution < -0.4 is 0 Å². The molecular weight excluding hydrogens is 224 g/mol. The van der Waals surface area contributed by atoms with Crippen molar-refractivity contribution >= 4 is 5.78 Å². The SMILES string of the molecule is CC#CC(=O)c1cncn1[C@H](C)c1ccccc1. The molecule has 1 atom stereocenters. The van der Waals surface area contributed by atoms with E-state index in [0.29, 0.717) is 5.69 Å². The van der Waals surface area contributed by atoms with Crippen LogP contribution in [0.5, 0.6) is 0 Å². The van der Waals surface area contributed by atoms with Gasteiger partial charge in [0.1, 0.15) is 5.69 Å². The van der Waals surface area contributed by atoms with Crippen LogP contribution in [0.3, 0.4) is 0 Å². The summed E-state index contributed by atoms with van der Waals surface area (Å²) in [7, 11) is 0. The molecule has 1 heterocycles. The van der Waals surface area contributed by atoms with Gasteiger partial charge < -0.3 is 4.57 Å². The molecule has 0 amide bonds.